The molecule has 0 aliphatic carbocycles. The van der Waals surface area contributed by atoms with Gasteiger partial charge in [0, 0.05) is 25.6 Å². The van der Waals surface area contributed by atoms with Gasteiger partial charge in [0.05, 0.1) is 5.41 Å². The van der Waals surface area contributed by atoms with Gasteiger partial charge in [-0.05, 0) is 39.2 Å². The van der Waals surface area contributed by atoms with Gasteiger partial charge in [-0.25, -0.2) is 0 Å². The fourth-order valence-electron chi connectivity index (χ4n) is 2.55. The molecule has 0 spiro atoms. The zero-order valence-corrected chi connectivity index (χ0v) is 13.1. The molecule has 5 heteroatoms. The van der Waals surface area contributed by atoms with E-state index in [9.17, 15) is 9.59 Å². The van der Waals surface area contributed by atoms with Crippen LogP contribution in [0.15, 0.2) is 0 Å². The number of carbonyl (C=O) groups excluding carboxylic acids is 2. The minimum absolute atomic E-state index is 0.00645. The maximum Gasteiger partial charge on any atom is 0.227 e. The predicted molar refractivity (Wildman–Crippen MR) is 80.4 cm³/mol. The number of carbonyl (C=O) groups is 2. The van der Waals surface area contributed by atoms with Gasteiger partial charge in [0.25, 0.3) is 0 Å². The molecule has 0 bridgehead atoms. The van der Waals surface area contributed by atoms with Crippen molar-refractivity contribution in [3.63, 3.8) is 0 Å². The molecular formula is C15H29N3O2. The van der Waals surface area contributed by atoms with E-state index >= 15 is 0 Å². The highest BCUT2D eigenvalue weighted by atomic mass is 16.2. The van der Waals surface area contributed by atoms with Crippen LogP contribution in [0.4, 0.5) is 0 Å². The molecule has 1 heterocycles. The van der Waals surface area contributed by atoms with Gasteiger partial charge < -0.3 is 16.0 Å². The Labute approximate surface area is 122 Å². The Bertz CT molecular complexity index is 325. The molecule has 0 aromatic heterocycles. The van der Waals surface area contributed by atoms with Crippen LogP contribution < -0.4 is 16.0 Å². The molecule has 1 aliphatic rings. The number of hydrogen-bond donors (Lipinski definition) is 3. The van der Waals surface area contributed by atoms with Crippen LogP contribution in [0.1, 0.15) is 52.9 Å². The zero-order valence-electron chi connectivity index (χ0n) is 13.1. The van der Waals surface area contributed by atoms with Crippen LogP contribution in [0.2, 0.25) is 0 Å². The Kier molecular flexibility index (Phi) is 6.99. The number of rotatable bonds is 7. The van der Waals surface area contributed by atoms with E-state index in [0.717, 1.165) is 38.8 Å². The topological polar surface area (TPSA) is 70.2 Å². The van der Waals surface area contributed by atoms with Crippen molar-refractivity contribution in [2.24, 2.45) is 5.41 Å². The Hall–Kier alpha value is -1.10. The molecule has 5 nitrogen and oxygen atoms in total. The average Bonchev–Trinajstić information content (AvgIpc) is 2.47. The van der Waals surface area contributed by atoms with Crippen molar-refractivity contribution >= 4 is 11.8 Å². The van der Waals surface area contributed by atoms with Crippen molar-refractivity contribution in [1.29, 1.82) is 0 Å². The molecule has 3 N–H and O–H groups in total. The molecule has 20 heavy (non-hydrogen) atoms. The first-order valence-corrected chi connectivity index (χ1v) is 7.82. The quantitative estimate of drug-likeness (QED) is 0.657. The van der Waals surface area contributed by atoms with Crippen molar-refractivity contribution in [3.8, 4) is 0 Å². The molecule has 2 amide bonds. The molecule has 1 fully saturated rings. The molecule has 2 unspecified atom stereocenters. The minimum Gasteiger partial charge on any atom is -0.355 e. The summed E-state index contributed by atoms with van der Waals surface area (Å²) in [5.41, 5.74) is -0.286. The lowest BCUT2D eigenvalue weighted by Crippen LogP contribution is -2.50. The first kappa shape index (κ1) is 17.0. The largest absolute Gasteiger partial charge is 0.355 e. The van der Waals surface area contributed by atoms with E-state index in [0.29, 0.717) is 13.0 Å². The SMILES string of the molecule is CCC(C)NC(=O)CCNC(=O)C1(CC)CCCNC1. The highest BCUT2D eigenvalue weighted by molar-refractivity contribution is 5.84. The normalized spacial score (nSPS) is 23.9. The summed E-state index contributed by atoms with van der Waals surface area (Å²) in [5.74, 6) is 0.0931. The van der Waals surface area contributed by atoms with E-state index in [1.807, 2.05) is 13.8 Å². The van der Waals surface area contributed by atoms with E-state index in [1.54, 1.807) is 0 Å². The summed E-state index contributed by atoms with van der Waals surface area (Å²) in [6, 6.07) is 0.197. The highest BCUT2D eigenvalue weighted by Crippen LogP contribution is 2.30. The fourth-order valence-corrected chi connectivity index (χ4v) is 2.55. The van der Waals surface area contributed by atoms with Gasteiger partial charge in [0.15, 0.2) is 0 Å². The third kappa shape index (κ3) is 4.78. The number of hydrogen-bond acceptors (Lipinski definition) is 3. The van der Waals surface area contributed by atoms with Crippen molar-refractivity contribution in [1.82, 2.24) is 16.0 Å². The van der Waals surface area contributed by atoms with Gasteiger partial charge in [-0.15, -0.1) is 0 Å². The van der Waals surface area contributed by atoms with E-state index in [2.05, 4.69) is 22.9 Å². The first-order valence-electron chi connectivity index (χ1n) is 7.82. The van der Waals surface area contributed by atoms with E-state index in [-0.39, 0.29) is 23.3 Å². The molecule has 1 aliphatic heterocycles. The molecular weight excluding hydrogens is 254 g/mol. The van der Waals surface area contributed by atoms with Gasteiger partial charge in [0.1, 0.15) is 0 Å². The third-order valence-electron chi connectivity index (χ3n) is 4.29. The Morgan fingerprint density at radius 3 is 2.65 bits per heavy atom. The van der Waals surface area contributed by atoms with Gasteiger partial charge in [-0.1, -0.05) is 13.8 Å². The van der Waals surface area contributed by atoms with Crippen LogP contribution in [0.25, 0.3) is 0 Å². The molecule has 116 valence electrons. The summed E-state index contributed by atoms with van der Waals surface area (Å²) in [6.07, 6.45) is 4.08. The monoisotopic (exact) mass is 283 g/mol. The summed E-state index contributed by atoms with van der Waals surface area (Å²) in [4.78, 5) is 24.0. The smallest absolute Gasteiger partial charge is 0.227 e. The standard InChI is InChI=1S/C15H29N3O2/c1-4-12(3)18-13(19)7-10-17-14(20)15(5-2)8-6-9-16-11-15/h12,16H,4-11H2,1-3H3,(H,17,20)(H,18,19). The number of nitrogens with one attached hydrogen (secondary N) is 3. The predicted octanol–water partition coefficient (Wildman–Crippen LogP) is 1.19. The van der Waals surface area contributed by atoms with Crippen LogP contribution in [0, 0.1) is 5.41 Å². The second-order valence-corrected chi connectivity index (χ2v) is 5.80. The average molecular weight is 283 g/mol. The Morgan fingerprint density at radius 2 is 2.10 bits per heavy atom. The molecule has 0 aromatic rings. The lowest BCUT2D eigenvalue weighted by Gasteiger charge is -2.35. The molecule has 0 saturated carbocycles. The number of amides is 2. The molecule has 0 aromatic carbocycles. The first-order chi connectivity index (χ1) is 9.54. The fraction of sp³-hybridized carbons (Fsp3) is 0.867. The zero-order chi connectivity index (χ0) is 15.0. The number of piperidine rings is 1. The maximum atomic E-state index is 12.3. The van der Waals surface area contributed by atoms with Crippen molar-refractivity contribution < 1.29 is 9.59 Å². The van der Waals surface area contributed by atoms with Crippen molar-refractivity contribution in [3.05, 3.63) is 0 Å². The minimum atomic E-state index is -0.286. The van der Waals surface area contributed by atoms with Crippen LogP contribution in [0.3, 0.4) is 0 Å². The summed E-state index contributed by atoms with van der Waals surface area (Å²) >= 11 is 0. The van der Waals surface area contributed by atoms with Gasteiger partial charge >= 0.3 is 0 Å². The molecule has 1 rings (SSSR count). The summed E-state index contributed by atoms with van der Waals surface area (Å²) in [5, 5.41) is 9.13. The molecule has 2 atom stereocenters. The highest BCUT2D eigenvalue weighted by Gasteiger charge is 2.37. The molecule has 0 radical (unpaired) electrons. The van der Waals surface area contributed by atoms with Crippen LogP contribution in [-0.2, 0) is 9.59 Å². The summed E-state index contributed by atoms with van der Waals surface area (Å²) in [6.45, 7) is 8.23. The van der Waals surface area contributed by atoms with Crippen molar-refractivity contribution in [2.45, 2.75) is 58.9 Å². The lowest BCUT2D eigenvalue weighted by molar-refractivity contribution is -0.132. The van der Waals surface area contributed by atoms with Gasteiger partial charge in [0.2, 0.25) is 11.8 Å². The van der Waals surface area contributed by atoms with Crippen LogP contribution in [-0.4, -0.2) is 37.5 Å². The Balaban J connectivity index is 2.33. The maximum absolute atomic E-state index is 12.3. The Morgan fingerprint density at radius 1 is 1.35 bits per heavy atom. The van der Waals surface area contributed by atoms with Gasteiger partial charge in [-0.3, -0.25) is 9.59 Å². The van der Waals surface area contributed by atoms with Crippen LogP contribution in [0.5, 0.6) is 0 Å². The second kappa shape index (κ2) is 8.25. The summed E-state index contributed by atoms with van der Waals surface area (Å²) < 4.78 is 0. The van der Waals surface area contributed by atoms with Gasteiger partial charge in [-0.2, -0.15) is 0 Å². The van der Waals surface area contributed by atoms with E-state index in [1.165, 1.54) is 0 Å². The van der Waals surface area contributed by atoms with Crippen molar-refractivity contribution in [2.75, 3.05) is 19.6 Å². The molecule has 1 saturated heterocycles. The third-order valence-corrected chi connectivity index (χ3v) is 4.29. The summed E-state index contributed by atoms with van der Waals surface area (Å²) in [7, 11) is 0. The van der Waals surface area contributed by atoms with E-state index < -0.39 is 0 Å². The second-order valence-electron chi connectivity index (χ2n) is 5.80. The van der Waals surface area contributed by atoms with E-state index in [4.69, 9.17) is 0 Å². The van der Waals surface area contributed by atoms with Crippen LogP contribution >= 0.6 is 0 Å². The lowest BCUT2D eigenvalue weighted by atomic mass is 9.77.